The standard InChI is InChI=1S/C12H12F2N4O/c1-19-11-5-10(16-6-17-11)12(18-15)8-3-2-7(13)4-9(8)14/h2-6,12,18H,15H2,1H3. The predicted octanol–water partition coefficient (Wildman–Crippen LogP) is 1.32. The summed E-state index contributed by atoms with van der Waals surface area (Å²) >= 11 is 0. The Bertz CT molecular complexity index is 579. The molecule has 1 aromatic carbocycles. The Balaban J connectivity index is 2.43. The summed E-state index contributed by atoms with van der Waals surface area (Å²) in [6, 6.07) is 4.05. The van der Waals surface area contributed by atoms with Crippen LogP contribution in [0.5, 0.6) is 5.88 Å². The van der Waals surface area contributed by atoms with Crippen LogP contribution in [0.3, 0.4) is 0 Å². The molecule has 0 spiro atoms. The van der Waals surface area contributed by atoms with Crippen molar-refractivity contribution < 1.29 is 13.5 Å². The van der Waals surface area contributed by atoms with Crippen LogP contribution in [0.25, 0.3) is 0 Å². The van der Waals surface area contributed by atoms with E-state index in [0.29, 0.717) is 11.6 Å². The quantitative estimate of drug-likeness (QED) is 0.645. The zero-order valence-electron chi connectivity index (χ0n) is 10.1. The minimum Gasteiger partial charge on any atom is -0.481 e. The number of rotatable bonds is 4. The molecule has 0 fully saturated rings. The second-order valence-electron chi connectivity index (χ2n) is 3.75. The first-order chi connectivity index (χ1) is 9.15. The van der Waals surface area contributed by atoms with Crippen molar-refractivity contribution >= 4 is 0 Å². The first-order valence-corrected chi connectivity index (χ1v) is 5.42. The molecule has 1 aromatic heterocycles. The van der Waals surface area contributed by atoms with E-state index in [4.69, 9.17) is 10.6 Å². The Morgan fingerprint density at radius 3 is 2.68 bits per heavy atom. The fraction of sp³-hybridized carbons (Fsp3) is 0.167. The number of halogens is 2. The number of nitrogens with two attached hydrogens (primary N) is 1. The molecular weight excluding hydrogens is 254 g/mol. The van der Waals surface area contributed by atoms with Gasteiger partial charge in [0.25, 0.3) is 0 Å². The Morgan fingerprint density at radius 1 is 1.26 bits per heavy atom. The number of nitrogens with one attached hydrogen (secondary N) is 1. The highest BCUT2D eigenvalue weighted by Gasteiger charge is 2.19. The molecule has 0 saturated heterocycles. The molecule has 1 atom stereocenters. The molecule has 0 aliphatic carbocycles. The normalized spacial score (nSPS) is 12.2. The number of hydrogen-bond acceptors (Lipinski definition) is 5. The molecule has 0 bridgehead atoms. The number of hydrogen-bond donors (Lipinski definition) is 2. The monoisotopic (exact) mass is 266 g/mol. The van der Waals surface area contributed by atoms with Gasteiger partial charge in [0.2, 0.25) is 5.88 Å². The van der Waals surface area contributed by atoms with E-state index < -0.39 is 17.7 Å². The molecule has 1 unspecified atom stereocenters. The molecule has 2 rings (SSSR count). The van der Waals surface area contributed by atoms with Crippen LogP contribution in [0.1, 0.15) is 17.3 Å². The molecule has 7 heteroatoms. The van der Waals surface area contributed by atoms with Gasteiger partial charge in [0.05, 0.1) is 18.8 Å². The third-order valence-corrected chi connectivity index (χ3v) is 2.61. The number of aromatic nitrogens is 2. The van der Waals surface area contributed by atoms with Gasteiger partial charge in [-0.1, -0.05) is 6.07 Å². The predicted molar refractivity (Wildman–Crippen MR) is 64.1 cm³/mol. The lowest BCUT2D eigenvalue weighted by molar-refractivity contribution is 0.394. The minimum atomic E-state index is -0.725. The van der Waals surface area contributed by atoms with Crippen LogP contribution in [-0.2, 0) is 0 Å². The van der Waals surface area contributed by atoms with Gasteiger partial charge >= 0.3 is 0 Å². The van der Waals surface area contributed by atoms with Gasteiger partial charge in [0, 0.05) is 17.7 Å². The van der Waals surface area contributed by atoms with Crippen molar-refractivity contribution in [3.63, 3.8) is 0 Å². The minimum absolute atomic E-state index is 0.185. The zero-order valence-corrected chi connectivity index (χ0v) is 10.1. The number of ether oxygens (including phenoxy) is 1. The first kappa shape index (κ1) is 13.3. The van der Waals surface area contributed by atoms with Crippen LogP contribution in [0.2, 0.25) is 0 Å². The molecule has 100 valence electrons. The average molecular weight is 266 g/mol. The Morgan fingerprint density at radius 2 is 2.05 bits per heavy atom. The van der Waals surface area contributed by atoms with E-state index in [2.05, 4.69) is 15.4 Å². The topological polar surface area (TPSA) is 73.1 Å². The van der Waals surface area contributed by atoms with Crippen LogP contribution in [0, 0.1) is 11.6 Å². The highest BCUT2D eigenvalue weighted by Crippen LogP contribution is 2.24. The van der Waals surface area contributed by atoms with E-state index in [1.165, 1.54) is 25.6 Å². The van der Waals surface area contributed by atoms with Crippen LogP contribution in [0.4, 0.5) is 8.78 Å². The van der Waals surface area contributed by atoms with Gasteiger partial charge in [-0.05, 0) is 6.07 Å². The maximum absolute atomic E-state index is 13.7. The Labute approximate surface area is 108 Å². The van der Waals surface area contributed by atoms with Crippen molar-refractivity contribution in [2.24, 2.45) is 5.84 Å². The Hall–Kier alpha value is -2.12. The third-order valence-electron chi connectivity index (χ3n) is 2.61. The van der Waals surface area contributed by atoms with Crippen molar-refractivity contribution in [3.05, 3.63) is 53.5 Å². The molecule has 0 aliphatic rings. The lowest BCUT2D eigenvalue weighted by atomic mass is 10.0. The van der Waals surface area contributed by atoms with E-state index in [1.807, 2.05) is 0 Å². The highest BCUT2D eigenvalue weighted by atomic mass is 19.1. The zero-order chi connectivity index (χ0) is 13.8. The average Bonchev–Trinajstić information content (AvgIpc) is 2.42. The van der Waals surface area contributed by atoms with Crippen molar-refractivity contribution in [3.8, 4) is 5.88 Å². The van der Waals surface area contributed by atoms with Crippen molar-refractivity contribution in [1.82, 2.24) is 15.4 Å². The molecular formula is C12H12F2N4O. The fourth-order valence-corrected chi connectivity index (χ4v) is 1.69. The van der Waals surface area contributed by atoms with Crippen LogP contribution < -0.4 is 16.0 Å². The maximum atomic E-state index is 13.7. The van der Waals surface area contributed by atoms with E-state index in [9.17, 15) is 8.78 Å². The lowest BCUT2D eigenvalue weighted by Crippen LogP contribution is -2.30. The fourth-order valence-electron chi connectivity index (χ4n) is 1.69. The van der Waals surface area contributed by atoms with Crippen molar-refractivity contribution in [2.75, 3.05) is 7.11 Å². The van der Waals surface area contributed by atoms with Gasteiger partial charge in [0.15, 0.2) is 0 Å². The molecule has 19 heavy (non-hydrogen) atoms. The molecule has 0 aliphatic heterocycles. The molecule has 0 saturated carbocycles. The van der Waals surface area contributed by atoms with Gasteiger partial charge in [-0.3, -0.25) is 5.84 Å². The van der Waals surface area contributed by atoms with Crippen LogP contribution in [0.15, 0.2) is 30.6 Å². The molecule has 0 radical (unpaired) electrons. The summed E-state index contributed by atoms with van der Waals surface area (Å²) in [6.45, 7) is 0. The van der Waals surface area contributed by atoms with Crippen molar-refractivity contribution in [1.29, 1.82) is 0 Å². The summed E-state index contributed by atoms with van der Waals surface area (Å²) in [5.74, 6) is 4.39. The summed E-state index contributed by atoms with van der Waals surface area (Å²) in [7, 11) is 1.45. The van der Waals surface area contributed by atoms with E-state index >= 15 is 0 Å². The van der Waals surface area contributed by atoms with E-state index in [-0.39, 0.29) is 5.56 Å². The molecule has 2 aromatic rings. The Kier molecular flexibility index (Phi) is 3.98. The summed E-state index contributed by atoms with van der Waals surface area (Å²) in [5.41, 5.74) is 3.04. The van der Waals surface area contributed by atoms with Gasteiger partial charge in [-0.2, -0.15) is 0 Å². The number of nitrogens with zero attached hydrogens (tertiary/aromatic N) is 2. The second-order valence-corrected chi connectivity index (χ2v) is 3.75. The number of benzene rings is 1. The molecule has 0 amide bonds. The lowest BCUT2D eigenvalue weighted by Gasteiger charge is -2.16. The summed E-state index contributed by atoms with van der Waals surface area (Å²) in [4.78, 5) is 7.85. The second kappa shape index (κ2) is 5.68. The van der Waals surface area contributed by atoms with Gasteiger partial charge in [0.1, 0.15) is 18.0 Å². The molecule has 3 N–H and O–H groups in total. The van der Waals surface area contributed by atoms with E-state index in [0.717, 1.165) is 12.1 Å². The molecule has 1 heterocycles. The van der Waals surface area contributed by atoms with Gasteiger partial charge < -0.3 is 4.74 Å². The number of methoxy groups -OCH3 is 1. The van der Waals surface area contributed by atoms with Crippen LogP contribution in [-0.4, -0.2) is 17.1 Å². The van der Waals surface area contributed by atoms with Crippen molar-refractivity contribution in [2.45, 2.75) is 6.04 Å². The van der Waals surface area contributed by atoms with E-state index in [1.54, 1.807) is 0 Å². The highest BCUT2D eigenvalue weighted by molar-refractivity contribution is 5.30. The first-order valence-electron chi connectivity index (χ1n) is 5.42. The van der Waals surface area contributed by atoms with Gasteiger partial charge in [-0.25, -0.2) is 24.2 Å². The smallest absolute Gasteiger partial charge is 0.216 e. The summed E-state index contributed by atoms with van der Waals surface area (Å²) in [5, 5.41) is 0. The summed E-state index contributed by atoms with van der Waals surface area (Å²) < 4.78 is 31.6. The van der Waals surface area contributed by atoms with Gasteiger partial charge in [-0.15, -0.1) is 0 Å². The largest absolute Gasteiger partial charge is 0.481 e. The number of hydrazine groups is 1. The van der Waals surface area contributed by atoms with Crippen LogP contribution >= 0.6 is 0 Å². The maximum Gasteiger partial charge on any atom is 0.216 e. The SMILES string of the molecule is COc1cc(C(NN)c2ccc(F)cc2F)ncn1. The molecule has 5 nitrogen and oxygen atoms in total. The summed E-state index contributed by atoms with van der Waals surface area (Å²) in [6.07, 6.45) is 1.28. The third kappa shape index (κ3) is 2.83.